The second-order valence-electron chi connectivity index (χ2n) is 4.80. The average Bonchev–Trinajstić information content (AvgIpc) is 2.53. The first-order valence-electron chi connectivity index (χ1n) is 6.82. The van der Waals surface area contributed by atoms with Crippen molar-refractivity contribution < 1.29 is 9.66 Å². The summed E-state index contributed by atoms with van der Waals surface area (Å²) in [6.45, 7) is 2.33. The maximum absolute atomic E-state index is 10.7. The fraction of sp³-hybridized carbons (Fsp3) is 0.250. The van der Waals surface area contributed by atoms with Crippen LogP contribution >= 0.6 is 0 Å². The molecule has 2 N–H and O–H groups in total. The second kappa shape index (κ2) is 6.85. The van der Waals surface area contributed by atoms with Crippen molar-refractivity contribution in [2.45, 2.75) is 26.0 Å². The van der Waals surface area contributed by atoms with E-state index in [1.807, 2.05) is 31.2 Å². The van der Waals surface area contributed by atoms with Crippen LogP contribution in [-0.2, 0) is 6.61 Å². The third kappa shape index (κ3) is 4.03. The Kier molecular flexibility index (Phi) is 4.90. The molecule has 0 saturated carbocycles. The average molecular weight is 286 g/mol. The molecule has 0 amide bonds. The number of rotatable bonds is 6. The van der Waals surface area contributed by atoms with Crippen LogP contribution in [0.15, 0.2) is 48.5 Å². The first-order valence-corrected chi connectivity index (χ1v) is 6.82. The molecule has 0 bridgehead atoms. The smallest absolute Gasteiger partial charge is 0.269 e. The summed E-state index contributed by atoms with van der Waals surface area (Å²) in [6, 6.07) is 14.1. The normalized spacial score (nSPS) is 11.9. The van der Waals surface area contributed by atoms with E-state index in [2.05, 4.69) is 0 Å². The van der Waals surface area contributed by atoms with Gasteiger partial charge in [-0.3, -0.25) is 10.1 Å². The first-order chi connectivity index (χ1) is 10.1. The zero-order valence-corrected chi connectivity index (χ0v) is 11.9. The van der Waals surface area contributed by atoms with Gasteiger partial charge < -0.3 is 10.5 Å². The SMILES string of the molecule is CC[C@H](N)c1ccc(OCc2cccc([N+](=O)[O-])c2)cc1. The van der Waals surface area contributed by atoms with E-state index in [1.165, 1.54) is 12.1 Å². The summed E-state index contributed by atoms with van der Waals surface area (Å²) in [5.74, 6) is 0.716. The molecule has 5 heteroatoms. The third-order valence-electron chi connectivity index (χ3n) is 3.27. The lowest BCUT2D eigenvalue weighted by molar-refractivity contribution is -0.384. The van der Waals surface area contributed by atoms with Crippen LogP contribution in [0.5, 0.6) is 5.75 Å². The van der Waals surface area contributed by atoms with Gasteiger partial charge in [0, 0.05) is 18.2 Å². The van der Waals surface area contributed by atoms with Crippen LogP contribution in [0.4, 0.5) is 5.69 Å². The second-order valence-corrected chi connectivity index (χ2v) is 4.80. The summed E-state index contributed by atoms with van der Waals surface area (Å²) >= 11 is 0. The summed E-state index contributed by atoms with van der Waals surface area (Å²) in [6.07, 6.45) is 0.883. The highest BCUT2D eigenvalue weighted by molar-refractivity contribution is 5.34. The van der Waals surface area contributed by atoms with Crippen LogP contribution < -0.4 is 10.5 Å². The van der Waals surface area contributed by atoms with E-state index < -0.39 is 4.92 Å². The molecule has 110 valence electrons. The van der Waals surface area contributed by atoms with E-state index in [0.717, 1.165) is 17.5 Å². The Morgan fingerprint density at radius 2 is 1.95 bits per heavy atom. The largest absolute Gasteiger partial charge is 0.489 e. The number of benzene rings is 2. The van der Waals surface area contributed by atoms with Crippen molar-refractivity contribution in [1.29, 1.82) is 0 Å². The number of ether oxygens (including phenoxy) is 1. The Bertz CT molecular complexity index is 611. The lowest BCUT2D eigenvalue weighted by Crippen LogP contribution is -2.08. The van der Waals surface area contributed by atoms with Gasteiger partial charge in [-0.2, -0.15) is 0 Å². The molecular weight excluding hydrogens is 268 g/mol. The van der Waals surface area contributed by atoms with Crippen molar-refractivity contribution in [3.8, 4) is 5.75 Å². The van der Waals surface area contributed by atoms with Crippen LogP contribution in [0.25, 0.3) is 0 Å². The van der Waals surface area contributed by atoms with Crippen molar-refractivity contribution in [2.24, 2.45) is 5.73 Å². The highest BCUT2D eigenvalue weighted by atomic mass is 16.6. The minimum Gasteiger partial charge on any atom is -0.489 e. The van der Waals surface area contributed by atoms with Crippen molar-refractivity contribution in [1.82, 2.24) is 0 Å². The first kappa shape index (κ1) is 15.0. The molecule has 0 fully saturated rings. The van der Waals surface area contributed by atoms with Crippen molar-refractivity contribution in [3.63, 3.8) is 0 Å². The van der Waals surface area contributed by atoms with Crippen molar-refractivity contribution in [2.75, 3.05) is 0 Å². The zero-order valence-electron chi connectivity index (χ0n) is 11.9. The molecular formula is C16H18N2O3. The lowest BCUT2D eigenvalue weighted by atomic mass is 10.1. The third-order valence-corrected chi connectivity index (χ3v) is 3.27. The highest BCUT2D eigenvalue weighted by Gasteiger charge is 2.06. The van der Waals surface area contributed by atoms with E-state index in [0.29, 0.717) is 12.4 Å². The summed E-state index contributed by atoms with van der Waals surface area (Å²) < 4.78 is 5.63. The Labute approximate surface area is 123 Å². The van der Waals surface area contributed by atoms with Gasteiger partial charge in [0.25, 0.3) is 5.69 Å². The fourth-order valence-corrected chi connectivity index (χ4v) is 1.97. The predicted octanol–water partition coefficient (Wildman–Crippen LogP) is 3.58. The molecule has 0 radical (unpaired) electrons. The Morgan fingerprint density at radius 1 is 1.24 bits per heavy atom. The lowest BCUT2D eigenvalue weighted by Gasteiger charge is -2.11. The molecule has 0 aliphatic carbocycles. The van der Waals surface area contributed by atoms with Gasteiger partial charge in [0.2, 0.25) is 0 Å². The van der Waals surface area contributed by atoms with Gasteiger partial charge in [-0.25, -0.2) is 0 Å². The van der Waals surface area contributed by atoms with E-state index in [-0.39, 0.29) is 11.7 Å². The van der Waals surface area contributed by atoms with Crippen molar-refractivity contribution in [3.05, 3.63) is 69.8 Å². The number of nitrogens with two attached hydrogens (primary N) is 1. The molecule has 0 heterocycles. The van der Waals surface area contributed by atoms with Crippen LogP contribution in [0, 0.1) is 10.1 Å². The van der Waals surface area contributed by atoms with Gasteiger partial charge >= 0.3 is 0 Å². The molecule has 5 nitrogen and oxygen atoms in total. The Balaban J connectivity index is 1.99. The van der Waals surface area contributed by atoms with Gasteiger partial charge in [0.05, 0.1) is 4.92 Å². The van der Waals surface area contributed by atoms with Crippen LogP contribution in [0.2, 0.25) is 0 Å². The van der Waals surface area contributed by atoms with E-state index >= 15 is 0 Å². The minimum atomic E-state index is -0.412. The Morgan fingerprint density at radius 3 is 2.57 bits per heavy atom. The summed E-state index contributed by atoms with van der Waals surface area (Å²) in [7, 11) is 0. The van der Waals surface area contributed by atoms with Gasteiger partial charge in [-0.05, 0) is 29.7 Å². The van der Waals surface area contributed by atoms with Crippen LogP contribution in [0.3, 0.4) is 0 Å². The zero-order chi connectivity index (χ0) is 15.2. The minimum absolute atomic E-state index is 0.0378. The highest BCUT2D eigenvalue weighted by Crippen LogP contribution is 2.20. The standard InChI is InChI=1S/C16H18N2O3/c1-2-16(17)13-6-8-15(9-7-13)21-11-12-4-3-5-14(10-12)18(19)20/h3-10,16H,2,11,17H2,1H3/t16-/m0/s1. The number of nitrogens with zero attached hydrogens (tertiary/aromatic N) is 1. The van der Waals surface area contributed by atoms with E-state index in [9.17, 15) is 10.1 Å². The summed E-state index contributed by atoms with van der Waals surface area (Å²) in [5, 5.41) is 10.7. The van der Waals surface area contributed by atoms with Crippen LogP contribution in [-0.4, -0.2) is 4.92 Å². The van der Waals surface area contributed by atoms with Gasteiger partial charge in [-0.1, -0.05) is 31.2 Å². The molecule has 0 unspecified atom stereocenters. The molecule has 0 aliphatic heterocycles. The summed E-state index contributed by atoms with van der Waals surface area (Å²) in [5.41, 5.74) is 7.85. The molecule has 21 heavy (non-hydrogen) atoms. The molecule has 0 aromatic heterocycles. The predicted molar refractivity (Wildman–Crippen MR) is 81.1 cm³/mol. The molecule has 2 rings (SSSR count). The summed E-state index contributed by atoms with van der Waals surface area (Å²) in [4.78, 5) is 10.3. The number of nitro benzene ring substituents is 1. The van der Waals surface area contributed by atoms with Crippen LogP contribution in [0.1, 0.15) is 30.5 Å². The molecule has 0 aliphatic rings. The molecule has 0 spiro atoms. The fourth-order valence-electron chi connectivity index (χ4n) is 1.97. The Hall–Kier alpha value is -2.40. The van der Waals surface area contributed by atoms with Gasteiger partial charge in [-0.15, -0.1) is 0 Å². The number of non-ortho nitro benzene ring substituents is 1. The maximum Gasteiger partial charge on any atom is 0.269 e. The quantitative estimate of drug-likeness (QED) is 0.650. The van der Waals surface area contributed by atoms with E-state index in [1.54, 1.807) is 12.1 Å². The number of hydrogen-bond acceptors (Lipinski definition) is 4. The van der Waals surface area contributed by atoms with Crippen molar-refractivity contribution >= 4 is 5.69 Å². The number of nitro groups is 1. The van der Waals surface area contributed by atoms with Gasteiger partial charge in [0.15, 0.2) is 0 Å². The van der Waals surface area contributed by atoms with E-state index in [4.69, 9.17) is 10.5 Å². The van der Waals surface area contributed by atoms with Gasteiger partial charge in [0.1, 0.15) is 12.4 Å². The molecule has 1 atom stereocenters. The molecule has 2 aromatic carbocycles. The topological polar surface area (TPSA) is 78.4 Å². The monoisotopic (exact) mass is 286 g/mol. The molecule has 2 aromatic rings. The number of hydrogen-bond donors (Lipinski definition) is 1. The maximum atomic E-state index is 10.7. The molecule has 0 saturated heterocycles.